The molecule has 0 saturated carbocycles. The second kappa shape index (κ2) is 2.83. The van der Waals surface area contributed by atoms with Crippen LogP contribution in [0, 0.1) is 6.92 Å². The second-order valence-corrected chi connectivity index (χ2v) is 4.46. The Bertz CT molecular complexity index is 583. The molecule has 0 radical (unpaired) electrons. The van der Waals surface area contributed by atoms with Crippen LogP contribution < -0.4 is 0 Å². The summed E-state index contributed by atoms with van der Waals surface area (Å²) in [7, 11) is -4.15. The molecule has 0 saturated heterocycles. The molecule has 0 aliphatic rings. The number of hydrogen-bond acceptors (Lipinski definition) is 2. The van der Waals surface area contributed by atoms with Crippen LogP contribution in [0.4, 0.5) is 0 Å². The van der Waals surface area contributed by atoms with Crippen LogP contribution in [0.3, 0.4) is 0 Å². The van der Waals surface area contributed by atoms with Crippen molar-refractivity contribution in [3.05, 3.63) is 30.0 Å². The first-order valence-electron chi connectivity index (χ1n) is 4.05. The molecule has 5 heteroatoms. The SMILES string of the molecule is Cc1[nH]c2ccccc2c1S(=O)(=O)O. The molecule has 0 amide bonds. The Morgan fingerprint density at radius 3 is 2.57 bits per heavy atom. The fourth-order valence-corrected chi connectivity index (χ4v) is 2.48. The molecule has 4 nitrogen and oxygen atoms in total. The van der Waals surface area contributed by atoms with Gasteiger partial charge in [-0.3, -0.25) is 4.55 Å². The Hall–Kier alpha value is -1.33. The fraction of sp³-hybridized carbons (Fsp3) is 0.111. The molecule has 0 spiro atoms. The van der Waals surface area contributed by atoms with Gasteiger partial charge in [-0.25, -0.2) is 0 Å². The highest BCUT2D eigenvalue weighted by atomic mass is 32.2. The lowest BCUT2D eigenvalue weighted by molar-refractivity contribution is 0.483. The van der Waals surface area contributed by atoms with Gasteiger partial charge in [0.1, 0.15) is 4.90 Å². The number of H-pyrrole nitrogens is 1. The van der Waals surface area contributed by atoms with Crippen LogP contribution >= 0.6 is 0 Å². The molecule has 0 aliphatic heterocycles. The molecular formula is C9H9NO3S. The quantitative estimate of drug-likeness (QED) is 0.705. The summed E-state index contributed by atoms with van der Waals surface area (Å²) in [5.74, 6) is 0. The third kappa shape index (κ3) is 1.30. The Morgan fingerprint density at radius 1 is 1.29 bits per heavy atom. The maximum atomic E-state index is 11.1. The summed E-state index contributed by atoms with van der Waals surface area (Å²) in [4.78, 5) is 2.86. The Balaban J connectivity index is 2.95. The van der Waals surface area contributed by atoms with E-state index >= 15 is 0 Å². The van der Waals surface area contributed by atoms with Crippen molar-refractivity contribution in [2.24, 2.45) is 0 Å². The number of rotatable bonds is 1. The van der Waals surface area contributed by atoms with E-state index in [4.69, 9.17) is 4.55 Å². The molecular weight excluding hydrogens is 202 g/mol. The molecule has 0 fully saturated rings. The van der Waals surface area contributed by atoms with E-state index in [-0.39, 0.29) is 4.90 Å². The van der Waals surface area contributed by atoms with Crippen LogP contribution in [-0.4, -0.2) is 18.0 Å². The molecule has 74 valence electrons. The van der Waals surface area contributed by atoms with Crippen LogP contribution in [0.15, 0.2) is 29.2 Å². The first-order chi connectivity index (χ1) is 6.50. The van der Waals surface area contributed by atoms with E-state index in [1.807, 2.05) is 0 Å². The zero-order valence-electron chi connectivity index (χ0n) is 7.48. The molecule has 0 unspecified atom stereocenters. The highest BCUT2D eigenvalue weighted by Gasteiger charge is 2.18. The Labute approximate surface area is 81.3 Å². The minimum atomic E-state index is -4.15. The van der Waals surface area contributed by atoms with Crippen LogP contribution in [-0.2, 0) is 10.1 Å². The number of benzene rings is 1. The average Bonchev–Trinajstić information content (AvgIpc) is 2.38. The molecule has 1 heterocycles. The number of nitrogens with one attached hydrogen (secondary N) is 1. The first-order valence-corrected chi connectivity index (χ1v) is 5.49. The molecule has 1 aromatic carbocycles. The molecule has 2 N–H and O–H groups in total. The van der Waals surface area contributed by atoms with Crippen LogP contribution in [0.5, 0.6) is 0 Å². The molecule has 0 aliphatic carbocycles. The van der Waals surface area contributed by atoms with Gasteiger partial charge in [-0.2, -0.15) is 8.42 Å². The standard InChI is InChI=1S/C9H9NO3S/c1-6-9(14(11,12)13)7-4-2-3-5-8(7)10-6/h2-5,10H,1H3,(H,11,12,13). The molecule has 2 rings (SSSR count). The zero-order valence-corrected chi connectivity index (χ0v) is 8.30. The minimum absolute atomic E-state index is 0.0342. The van der Waals surface area contributed by atoms with Gasteiger partial charge in [0.2, 0.25) is 0 Å². The zero-order chi connectivity index (χ0) is 10.3. The summed E-state index contributed by atoms with van der Waals surface area (Å²) >= 11 is 0. The predicted molar refractivity (Wildman–Crippen MR) is 52.9 cm³/mol. The van der Waals surface area contributed by atoms with Crippen molar-refractivity contribution in [3.8, 4) is 0 Å². The van der Waals surface area contributed by atoms with Crippen molar-refractivity contribution in [1.82, 2.24) is 4.98 Å². The van der Waals surface area contributed by atoms with Gasteiger partial charge in [0, 0.05) is 16.6 Å². The second-order valence-electron chi connectivity index (χ2n) is 3.10. The largest absolute Gasteiger partial charge is 0.357 e. The van der Waals surface area contributed by atoms with E-state index in [0.717, 1.165) is 0 Å². The number of para-hydroxylation sites is 1. The number of aromatic amines is 1. The van der Waals surface area contributed by atoms with Crippen LogP contribution in [0.2, 0.25) is 0 Å². The van der Waals surface area contributed by atoms with Gasteiger partial charge in [-0.05, 0) is 13.0 Å². The summed E-state index contributed by atoms with van der Waals surface area (Å²) in [6, 6.07) is 6.94. The van der Waals surface area contributed by atoms with E-state index in [0.29, 0.717) is 16.6 Å². The van der Waals surface area contributed by atoms with Gasteiger partial charge in [0.05, 0.1) is 0 Å². The highest BCUT2D eigenvalue weighted by molar-refractivity contribution is 7.86. The van der Waals surface area contributed by atoms with Gasteiger partial charge in [0.25, 0.3) is 10.1 Å². The average molecular weight is 211 g/mol. The summed E-state index contributed by atoms with van der Waals surface area (Å²) < 4.78 is 31.1. The van der Waals surface area contributed by atoms with Crippen LogP contribution in [0.1, 0.15) is 5.69 Å². The number of fused-ring (bicyclic) bond motifs is 1. The summed E-state index contributed by atoms with van der Waals surface area (Å²) in [6.07, 6.45) is 0. The van der Waals surface area contributed by atoms with Crippen molar-refractivity contribution in [2.45, 2.75) is 11.8 Å². The van der Waals surface area contributed by atoms with Gasteiger partial charge < -0.3 is 4.98 Å². The molecule has 1 aromatic heterocycles. The lowest BCUT2D eigenvalue weighted by Gasteiger charge is -1.94. The van der Waals surface area contributed by atoms with E-state index in [2.05, 4.69) is 4.98 Å². The van der Waals surface area contributed by atoms with E-state index in [1.54, 1.807) is 31.2 Å². The Kier molecular flexibility index (Phi) is 1.87. The molecule has 14 heavy (non-hydrogen) atoms. The fourth-order valence-electron chi connectivity index (χ4n) is 1.58. The maximum Gasteiger partial charge on any atom is 0.296 e. The predicted octanol–water partition coefficient (Wildman–Crippen LogP) is 1.72. The highest BCUT2D eigenvalue weighted by Crippen LogP contribution is 2.25. The number of hydrogen-bond donors (Lipinski definition) is 2. The van der Waals surface area contributed by atoms with Gasteiger partial charge in [-0.15, -0.1) is 0 Å². The topological polar surface area (TPSA) is 70.2 Å². The number of aryl methyl sites for hydroxylation is 1. The van der Waals surface area contributed by atoms with E-state index in [9.17, 15) is 8.42 Å². The smallest absolute Gasteiger partial charge is 0.296 e. The van der Waals surface area contributed by atoms with Gasteiger partial charge in [0.15, 0.2) is 0 Å². The van der Waals surface area contributed by atoms with Gasteiger partial charge in [-0.1, -0.05) is 18.2 Å². The Morgan fingerprint density at radius 2 is 1.93 bits per heavy atom. The van der Waals surface area contributed by atoms with Crippen molar-refractivity contribution in [1.29, 1.82) is 0 Å². The molecule has 2 aromatic rings. The van der Waals surface area contributed by atoms with Crippen LogP contribution in [0.25, 0.3) is 10.9 Å². The summed E-state index contributed by atoms with van der Waals surface area (Å²) in [6.45, 7) is 1.61. The maximum absolute atomic E-state index is 11.1. The first kappa shape index (κ1) is 9.23. The molecule has 0 bridgehead atoms. The normalized spacial score (nSPS) is 12.1. The van der Waals surface area contributed by atoms with E-state index in [1.165, 1.54) is 0 Å². The summed E-state index contributed by atoms with van der Waals surface area (Å²) in [5, 5.41) is 0.521. The van der Waals surface area contributed by atoms with E-state index < -0.39 is 10.1 Å². The van der Waals surface area contributed by atoms with Crippen molar-refractivity contribution < 1.29 is 13.0 Å². The van der Waals surface area contributed by atoms with Crippen molar-refractivity contribution >= 4 is 21.0 Å². The monoisotopic (exact) mass is 211 g/mol. The molecule has 0 atom stereocenters. The summed E-state index contributed by atoms with van der Waals surface area (Å²) in [5.41, 5.74) is 1.16. The van der Waals surface area contributed by atoms with Crippen molar-refractivity contribution in [2.75, 3.05) is 0 Å². The van der Waals surface area contributed by atoms with Gasteiger partial charge >= 0.3 is 0 Å². The lowest BCUT2D eigenvalue weighted by atomic mass is 10.2. The third-order valence-corrected chi connectivity index (χ3v) is 3.13. The third-order valence-electron chi connectivity index (χ3n) is 2.09. The minimum Gasteiger partial charge on any atom is -0.357 e. The number of aromatic nitrogens is 1. The lowest BCUT2D eigenvalue weighted by Crippen LogP contribution is -1.98. The van der Waals surface area contributed by atoms with Crippen molar-refractivity contribution in [3.63, 3.8) is 0 Å².